The van der Waals surface area contributed by atoms with Crippen LogP contribution in [0.5, 0.6) is 0 Å². The van der Waals surface area contributed by atoms with Crippen molar-refractivity contribution in [3.8, 4) is 0 Å². The molecule has 1 heterocycles. The van der Waals surface area contributed by atoms with E-state index in [0.717, 1.165) is 0 Å². The molecule has 1 aromatic carbocycles. The lowest BCUT2D eigenvalue weighted by Crippen LogP contribution is -2.39. The van der Waals surface area contributed by atoms with Crippen molar-refractivity contribution in [2.75, 3.05) is 34.2 Å². The minimum absolute atomic E-state index is 0.495. The quantitative estimate of drug-likeness (QED) is 0.901. The summed E-state index contributed by atoms with van der Waals surface area (Å²) in [7, 11) is 6.61. The van der Waals surface area contributed by atoms with Gasteiger partial charge in [0.05, 0.1) is 0 Å². The molecule has 1 aliphatic rings. The van der Waals surface area contributed by atoms with Crippen molar-refractivity contribution in [2.24, 2.45) is 11.7 Å². The number of benzene rings is 1. The lowest BCUT2D eigenvalue weighted by atomic mass is 9.85. The lowest BCUT2D eigenvalue weighted by molar-refractivity contribution is 0.122. The molecule has 2 unspecified atom stereocenters. The summed E-state index contributed by atoms with van der Waals surface area (Å²) in [4.78, 5) is 4.82. The Bertz CT molecular complexity index is 403. The first-order valence-electron chi connectivity index (χ1n) is 7.25. The van der Waals surface area contributed by atoms with Crippen LogP contribution in [0.1, 0.15) is 30.0 Å². The van der Waals surface area contributed by atoms with Crippen molar-refractivity contribution in [2.45, 2.75) is 25.4 Å². The number of hydrogen-bond acceptors (Lipinski definition) is 3. The molecule has 1 aromatic rings. The highest BCUT2D eigenvalue weighted by Crippen LogP contribution is 2.33. The van der Waals surface area contributed by atoms with Crippen LogP contribution in [-0.2, 0) is 6.54 Å². The van der Waals surface area contributed by atoms with Gasteiger partial charge in [0.25, 0.3) is 0 Å². The van der Waals surface area contributed by atoms with Gasteiger partial charge in [-0.25, -0.2) is 0 Å². The predicted octanol–water partition coefficient (Wildman–Crippen LogP) is 2.09. The molecule has 0 aromatic heterocycles. The van der Waals surface area contributed by atoms with Gasteiger partial charge < -0.3 is 15.5 Å². The normalized spacial score (nSPS) is 22.7. The second kappa shape index (κ2) is 6.51. The summed E-state index contributed by atoms with van der Waals surface area (Å²) in [6.07, 6.45) is 2.63. The second-order valence-corrected chi connectivity index (χ2v) is 6.02. The molecule has 0 aliphatic carbocycles. The maximum absolute atomic E-state index is 5.77. The molecule has 2 N–H and O–H groups in total. The fourth-order valence-electron chi connectivity index (χ4n) is 3.36. The Labute approximate surface area is 117 Å². The van der Waals surface area contributed by atoms with Crippen molar-refractivity contribution < 1.29 is 0 Å². The van der Waals surface area contributed by atoms with Gasteiger partial charge in [-0.3, -0.25) is 0 Å². The molecule has 106 valence electrons. The average molecular weight is 261 g/mol. The molecular weight excluding hydrogens is 234 g/mol. The zero-order valence-corrected chi connectivity index (χ0v) is 12.5. The molecule has 1 saturated heterocycles. The highest BCUT2D eigenvalue weighted by molar-refractivity contribution is 5.26. The Morgan fingerprint density at radius 2 is 2.21 bits per heavy atom. The Morgan fingerprint density at radius 1 is 1.42 bits per heavy atom. The zero-order valence-electron chi connectivity index (χ0n) is 12.5. The van der Waals surface area contributed by atoms with E-state index in [4.69, 9.17) is 5.73 Å². The van der Waals surface area contributed by atoms with Crippen LogP contribution in [0.2, 0.25) is 0 Å². The van der Waals surface area contributed by atoms with E-state index in [1.54, 1.807) is 0 Å². The molecule has 2 rings (SSSR count). The molecule has 3 heteroatoms. The largest absolute Gasteiger partial charge is 0.326 e. The molecular formula is C16H27N3. The summed E-state index contributed by atoms with van der Waals surface area (Å²) < 4.78 is 0. The van der Waals surface area contributed by atoms with Crippen molar-refractivity contribution in [1.29, 1.82) is 0 Å². The number of nitrogens with zero attached hydrogens (tertiary/aromatic N) is 2. The van der Waals surface area contributed by atoms with E-state index >= 15 is 0 Å². The maximum Gasteiger partial charge on any atom is 0.0382 e. The van der Waals surface area contributed by atoms with Gasteiger partial charge in [0, 0.05) is 19.1 Å². The summed E-state index contributed by atoms with van der Waals surface area (Å²) in [6.45, 7) is 3.05. The minimum atomic E-state index is 0.495. The number of nitrogens with two attached hydrogens (primary N) is 1. The SMILES string of the molecule is CN1CCCC(C(c2cccc(CN)c2)N(C)C)C1. The zero-order chi connectivity index (χ0) is 13.8. The van der Waals surface area contributed by atoms with Gasteiger partial charge in [-0.2, -0.15) is 0 Å². The summed E-state index contributed by atoms with van der Waals surface area (Å²) in [5, 5.41) is 0. The smallest absolute Gasteiger partial charge is 0.0382 e. The van der Waals surface area contributed by atoms with Crippen LogP contribution in [0.25, 0.3) is 0 Å². The highest BCUT2D eigenvalue weighted by Gasteiger charge is 2.28. The molecule has 1 fully saturated rings. The van der Waals surface area contributed by atoms with E-state index in [-0.39, 0.29) is 0 Å². The molecule has 1 aliphatic heterocycles. The Morgan fingerprint density at radius 3 is 2.84 bits per heavy atom. The molecule has 0 radical (unpaired) electrons. The summed E-state index contributed by atoms with van der Waals surface area (Å²) in [5.74, 6) is 0.710. The molecule has 0 spiro atoms. The highest BCUT2D eigenvalue weighted by atomic mass is 15.1. The van der Waals surface area contributed by atoms with E-state index in [2.05, 4.69) is 55.2 Å². The molecule has 3 nitrogen and oxygen atoms in total. The first-order chi connectivity index (χ1) is 9.11. The average Bonchev–Trinajstić information content (AvgIpc) is 2.39. The lowest BCUT2D eigenvalue weighted by Gasteiger charge is -2.38. The van der Waals surface area contributed by atoms with Crippen molar-refractivity contribution in [1.82, 2.24) is 9.80 Å². The fourth-order valence-corrected chi connectivity index (χ4v) is 3.36. The van der Waals surface area contributed by atoms with Crippen molar-refractivity contribution in [3.05, 3.63) is 35.4 Å². The van der Waals surface area contributed by atoms with Crippen LogP contribution in [0.3, 0.4) is 0 Å². The van der Waals surface area contributed by atoms with Crippen molar-refractivity contribution >= 4 is 0 Å². The standard InChI is InChI=1S/C16H27N3/c1-18(2)16(15-8-5-9-19(3)12-15)14-7-4-6-13(10-14)11-17/h4,6-7,10,15-16H,5,8-9,11-12,17H2,1-3H3. The van der Waals surface area contributed by atoms with Crippen molar-refractivity contribution in [3.63, 3.8) is 0 Å². The maximum atomic E-state index is 5.77. The Hall–Kier alpha value is -0.900. The van der Waals surface area contributed by atoms with Crippen LogP contribution < -0.4 is 5.73 Å². The third-order valence-corrected chi connectivity index (χ3v) is 4.19. The van der Waals surface area contributed by atoms with E-state index in [1.165, 1.54) is 37.1 Å². The third kappa shape index (κ3) is 3.56. The van der Waals surface area contributed by atoms with E-state index in [9.17, 15) is 0 Å². The van der Waals surface area contributed by atoms with Crippen LogP contribution in [0.15, 0.2) is 24.3 Å². The predicted molar refractivity (Wildman–Crippen MR) is 81.0 cm³/mol. The topological polar surface area (TPSA) is 32.5 Å². The molecule has 0 bridgehead atoms. The summed E-state index contributed by atoms with van der Waals surface area (Å²) in [6, 6.07) is 9.27. The number of piperidine rings is 1. The van der Waals surface area contributed by atoms with Crippen LogP contribution in [-0.4, -0.2) is 44.0 Å². The van der Waals surface area contributed by atoms with Gasteiger partial charge in [0.15, 0.2) is 0 Å². The third-order valence-electron chi connectivity index (χ3n) is 4.19. The molecule has 0 amide bonds. The van der Waals surface area contributed by atoms with Gasteiger partial charge in [0.2, 0.25) is 0 Å². The Kier molecular flexibility index (Phi) is 4.97. The van der Waals surface area contributed by atoms with E-state index < -0.39 is 0 Å². The van der Waals surface area contributed by atoms with Gasteiger partial charge in [-0.05, 0) is 57.6 Å². The summed E-state index contributed by atoms with van der Waals surface area (Å²) in [5.41, 5.74) is 8.41. The van der Waals surface area contributed by atoms with Crippen LogP contribution in [0.4, 0.5) is 0 Å². The molecule has 2 atom stereocenters. The minimum Gasteiger partial charge on any atom is -0.326 e. The van der Waals surface area contributed by atoms with Gasteiger partial charge in [0.1, 0.15) is 0 Å². The van der Waals surface area contributed by atoms with E-state index in [1.807, 2.05) is 0 Å². The monoisotopic (exact) mass is 261 g/mol. The summed E-state index contributed by atoms with van der Waals surface area (Å²) >= 11 is 0. The second-order valence-electron chi connectivity index (χ2n) is 6.02. The molecule has 0 saturated carbocycles. The van der Waals surface area contributed by atoms with Gasteiger partial charge in [-0.1, -0.05) is 24.3 Å². The number of rotatable bonds is 4. The first kappa shape index (κ1) is 14.5. The first-order valence-corrected chi connectivity index (χ1v) is 7.25. The van der Waals surface area contributed by atoms with E-state index in [0.29, 0.717) is 18.5 Å². The number of hydrogen-bond donors (Lipinski definition) is 1. The van der Waals surface area contributed by atoms with Crippen LogP contribution >= 0.6 is 0 Å². The van der Waals surface area contributed by atoms with Gasteiger partial charge >= 0.3 is 0 Å². The van der Waals surface area contributed by atoms with Gasteiger partial charge in [-0.15, -0.1) is 0 Å². The Balaban J connectivity index is 2.23. The van der Waals surface area contributed by atoms with Crippen LogP contribution in [0, 0.1) is 5.92 Å². The fraction of sp³-hybridized carbons (Fsp3) is 0.625. The molecule has 19 heavy (non-hydrogen) atoms. The number of likely N-dealkylation sites (tertiary alicyclic amines) is 1.